The molecule has 0 saturated carbocycles. The van der Waals surface area contributed by atoms with E-state index in [4.69, 9.17) is 8.94 Å². The number of carbonyl (C=O) groups excluding carboxylic acids is 1. The maximum Gasteiger partial charge on any atom is 0.272 e. The lowest BCUT2D eigenvalue weighted by molar-refractivity contribution is 0.0561. The Hall–Kier alpha value is -3.42. The molecule has 130 valence electrons. The lowest BCUT2D eigenvalue weighted by Crippen LogP contribution is -2.49. The molecule has 8 nitrogen and oxygen atoms in total. The molecule has 5 rings (SSSR count). The fraction of sp³-hybridized carbons (Fsp3) is 0.222. The third kappa shape index (κ3) is 2.22. The number of aromatic nitrogens is 4. The molecule has 0 radical (unpaired) electrons. The highest BCUT2D eigenvalue weighted by atomic mass is 16.5. The van der Waals surface area contributed by atoms with Crippen LogP contribution >= 0.6 is 0 Å². The first-order chi connectivity index (χ1) is 12.7. The molecule has 0 unspecified atom stereocenters. The molecule has 1 fully saturated rings. The van der Waals surface area contributed by atoms with E-state index in [1.54, 1.807) is 23.3 Å². The van der Waals surface area contributed by atoms with Crippen molar-refractivity contribution in [2.24, 2.45) is 0 Å². The van der Waals surface area contributed by atoms with Crippen molar-refractivity contribution in [2.45, 2.75) is 12.8 Å². The zero-order chi connectivity index (χ0) is 17.7. The van der Waals surface area contributed by atoms with Gasteiger partial charge in [-0.05, 0) is 31.2 Å². The van der Waals surface area contributed by atoms with Crippen LogP contribution < -0.4 is 0 Å². The van der Waals surface area contributed by atoms with Gasteiger partial charge in [-0.15, -0.1) is 0 Å². The van der Waals surface area contributed by atoms with Crippen LogP contribution in [0.2, 0.25) is 0 Å². The number of hydrogen-bond acceptors (Lipinski definition) is 6. The van der Waals surface area contributed by atoms with Gasteiger partial charge in [0.25, 0.3) is 5.91 Å². The predicted molar refractivity (Wildman–Crippen MR) is 90.6 cm³/mol. The van der Waals surface area contributed by atoms with Crippen molar-refractivity contribution in [3.05, 3.63) is 60.1 Å². The number of rotatable bonds is 3. The zero-order valence-electron chi connectivity index (χ0n) is 14.0. The van der Waals surface area contributed by atoms with Gasteiger partial charge in [-0.2, -0.15) is 4.98 Å². The highest BCUT2D eigenvalue weighted by molar-refractivity contribution is 5.95. The normalized spacial score (nSPS) is 14.7. The largest absolute Gasteiger partial charge is 0.461 e. The van der Waals surface area contributed by atoms with Crippen molar-refractivity contribution in [3.63, 3.8) is 0 Å². The Morgan fingerprint density at radius 2 is 2.08 bits per heavy atom. The molecule has 5 heterocycles. The van der Waals surface area contributed by atoms with E-state index in [0.717, 1.165) is 11.3 Å². The summed E-state index contributed by atoms with van der Waals surface area (Å²) in [6, 6.07) is 9.23. The molecule has 1 aliphatic rings. The minimum Gasteiger partial charge on any atom is -0.461 e. The summed E-state index contributed by atoms with van der Waals surface area (Å²) in [7, 11) is 0. The number of imidazole rings is 1. The molecular weight excluding hydrogens is 334 g/mol. The summed E-state index contributed by atoms with van der Waals surface area (Å²) in [6.07, 6.45) is 3.42. The Kier molecular flexibility index (Phi) is 3.18. The summed E-state index contributed by atoms with van der Waals surface area (Å²) in [5, 5.41) is 3.94. The lowest BCUT2D eigenvalue weighted by atomic mass is 9.99. The maximum absolute atomic E-state index is 12.9. The number of pyridine rings is 1. The van der Waals surface area contributed by atoms with Gasteiger partial charge in [0.1, 0.15) is 11.3 Å². The van der Waals surface area contributed by atoms with Crippen molar-refractivity contribution in [2.75, 3.05) is 13.1 Å². The van der Waals surface area contributed by atoms with Crippen LogP contribution in [0.4, 0.5) is 0 Å². The Labute approximate surface area is 148 Å². The third-order valence-electron chi connectivity index (χ3n) is 4.61. The molecule has 0 aliphatic carbocycles. The molecule has 1 aliphatic heterocycles. The smallest absolute Gasteiger partial charge is 0.272 e. The second-order valence-electron chi connectivity index (χ2n) is 6.32. The van der Waals surface area contributed by atoms with Gasteiger partial charge in [-0.1, -0.05) is 11.2 Å². The van der Waals surface area contributed by atoms with Crippen molar-refractivity contribution in [3.8, 4) is 11.6 Å². The van der Waals surface area contributed by atoms with Gasteiger partial charge < -0.3 is 13.8 Å². The number of likely N-dealkylation sites (tertiary alicyclic amines) is 1. The molecule has 1 amide bonds. The standard InChI is InChI=1S/C18H15N5O3/c1-11-15(23-7-3-2-6-14(23)19-11)18(24)22-9-12(10-22)17-20-16(21-26-17)13-5-4-8-25-13/h2-8,12H,9-10H2,1H3. The molecule has 4 aromatic heterocycles. The zero-order valence-corrected chi connectivity index (χ0v) is 14.0. The van der Waals surface area contributed by atoms with Gasteiger partial charge in [0.05, 0.1) is 17.9 Å². The molecule has 8 heteroatoms. The topological polar surface area (TPSA) is 89.7 Å². The summed E-state index contributed by atoms with van der Waals surface area (Å²) in [6.45, 7) is 2.93. The predicted octanol–water partition coefficient (Wildman–Crippen LogP) is 2.53. The van der Waals surface area contributed by atoms with Crippen molar-refractivity contribution in [1.29, 1.82) is 0 Å². The van der Waals surface area contributed by atoms with E-state index in [9.17, 15) is 4.79 Å². The Bertz CT molecular complexity index is 1090. The average Bonchev–Trinajstić information content (AvgIpc) is 3.32. The SMILES string of the molecule is Cc1nc2ccccn2c1C(=O)N1CC(c2nc(-c3ccco3)no2)C1. The van der Waals surface area contributed by atoms with E-state index in [0.29, 0.717) is 36.3 Å². The summed E-state index contributed by atoms with van der Waals surface area (Å²) < 4.78 is 12.4. The summed E-state index contributed by atoms with van der Waals surface area (Å²) in [5.74, 6) is 1.51. The number of nitrogens with zero attached hydrogens (tertiary/aromatic N) is 5. The fourth-order valence-electron chi connectivity index (χ4n) is 3.23. The molecule has 1 saturated heterocycles. The first-order valence-corrected chi connectivity index (χ1v) is 8.31. The van der Waals surface area contributed by atoms with Gasteiger partial charge in [-0.3, -0.25) is 9.20 Å². The molecule has 26 heavy (non-hydrogen) atoms. The van der Waals surface area contributed by atoms with Crippen LogP contribution in [0.15, 0.2) is 51.7 Å². The van der Waals surface area contributed by atoms with Gasteiger partial charge in [0, 0.05) is 19.3 Å². The number of amides is 1. The van der Waals surface area contributed by atoms with E-state index in [1.807, 2.05) is 35.7 Å². The monoisotopic (exact) mass is 349 g/mol. The summed E-state index contributed by atoms with van der Waals surface area (Å²) in [4.78, 5) is 23.5. The van der Waals surface area contributed by atoms with Crippen molar-refractivity contribution in [1.82, 2.24) is 24.4 Å². The number of hydrogen-bond donors (Lipinski definition) is 0. The van der Waals surface area contributed by atoms with Gasteiger partial charge in [0.15, 0.2) is 5.76 Å². The maximum atomic E-state index is 12.9. The van der Waals surface area contributed by atoms with Crippen molar-refractivity contribution < 1.29 is 13.7 Å². The first-order valence-electron chi connectivity index (χ1n) is 8.31. The summed E-state index contributed by atoms with van der Waals surface area (Å²) >= 11 is 0. The Morgan fingerprint density at radius 3 is 2.88 bits per heavy atom. The van der Waals surface area contributed by atoms with Crippen LogP contribution in [-0.2, 0) is 0 Å². The number of carbonyl (C=O) groups is 1. The van der Waals surface area contributed by atoms with Crippen LogP contribution in [0.1, 0.15) is 28.0 Å². The Morgan fingerprint density at radius 1 is 1.19 bits per heavy atom. The fourth-order valence-corrected chi connectivity index (χ4v) is 3.23. The third-order valence-corrected chi connectivity index (χ3v) is 4.61. The molecule has 0 bridgehead atoms. The first kappa shape index (κ1) is 14.9. The summed E-state index contributed by atoms with van der Waals surface area (Å²) in [5.41, 5.74) is 2.09. The second kappa shape index (κ2) is 5.55. The van der Waals surface area contributed by atoms with E-state index >= 15 is 0 Å². The molecule has 0 spiro atoms. The lowest BCUT2D eigenvalue weighted by Gasteiger charge is -2.36. The van der Waals surface area contributed by atoms with Gasteiger partial charge in [-0.25, -0.2) is 4.98 Å². The van der Waals surface area contributed by atoms with E-state index < -0.39 is 0 Å². The van der Waals surface area contributed by atoms with E-state index in [2.05, 4.69) is 15.1 Å². The van der Waals surface area contributed by atoms with Crippen LogP contribution in [0.25, 0.3) is 17.2 Å². The highest BCUT2D eigenvalue weighted by Crippen LogP contribution is 2.29. The molecule has 0 atom stereocenters. The molecule has 0 aromatic carbocycles. The van der Waals surface area contributed by atoms with E-state index in [-0.39, 0.29) is 11.8 Å². The number of fused-ring (bicyclic) bond motifs is 1. The highest BCUT2D eigenvalue weighted by Gasteiger charge is 2.37. The molecule has 4 aromatic rings. The van der Waals surface area contributed by atoms with Gasteiger partial charge >= 0.3 is 0 Å². The minimum atomic E-state index is -0.0387. The molecule has 0 N–H and O–H groups in total. The van der Waals surface area contributed by atoms with Crippen LogP contribution in [-0.4, -0.2) is 43.4 Å². The molecular formula is C18H15N5O3. The van der Waals surface area contributed by atoms with Crippen LogP contribution in [0, 0.1) is 6.92 Å². The minimum absolute atomic E-state index is 0.0367. The van der Waals surface area contributed by atoms with Crippen LogP contribution in [0.5, 0.6) is 0 Å². The average molecular weight is 349 g/mol. The second-order valence-corrected chi connectivity index (χ2v) is 6.32. The Balaban J connectivity index is 1.33. The van der Waals surface area contributed by atoms with E-state index in [1.165, 1.54) is 0 Å². The number of aryl methyl sites for hydroxylation is 1. The van der Waals surface area contributed by atoms with Gasteiger partial charge in [0.2, 0.25) is 11.7 Å². The van der Waals surface area contributed by atoms with Crippen molar-refractivity contribution >= 4 is 11.6 Å². The number of furan rings is 1. The van der Waals surface area contributed by atoms with Crippen LogP contribution in [0.3, 0.4) is 0 Å². The quantitative estimate of drug-likeness (QED) is 0.564.